The number of carbonyl (C=O) groups excluding carboxylic acids is 1. The number of carbonyl (C=O) groups is 1. The van der Waals surface area contributed by atoms with Gasteiger partial charge in [0.15, 0.2) is 10.8 Å². The number of thiazole rings is 1. The normalized spacial score (nSPS) is 19.0. The van der Waals surface area contributed by atoms with E-state index >= 15 is 0 Å². The van der Waals surface area contributed by atoms with Crippen molar-refractivity contribution in [2.24, 2.45) is 0 Å². The number of piperidine rings is 1. The van der Waals surface area contributed by atoms with Crippen LogP contribution in [0.2, 0.25) is 0 Å². The summed E-state index contributed by atoms with van der Waals surface area (Å²) in [4.78, 5) is 29.1. The van der Waals surface area contributed by atoms with Crippen LogP contribution in [0.25, 0.3) is 11.3 Å². The molecule has 0 bridgehead atoms. The molecule has 39 heavy (non-hydrogen) atoms. The van der Waals surface area contributed by atoms with Crippen molar-refractivity contribution in [2.45, 2.75) is 69.9 Å². The third-order valence-corrected chi connectivity index (χ3v) is 7.46. The fourth-order valence-electron chi connectivity index (χ4n) is 4.27. The van der Waals surface area contributed by atoms with Gasteiger partial charge in [-0.05, 0) is 18.8 Å². The quantitative estimate of drug-likeness (QED) is 0.451. The van der Waals surface area contributed by atoms with Gasteiger partial charge in [-0.1, -0.05) is 20.8 Å². The number of alkyl halides is 6. The number of nitrogens with zero attached hydrogens (tertiary/aromatic N) is 7. The first-order valence-electron chi connectivity index (χ1n) is 11.9. The summed E-state index contributed by atoms with van der Waals surface area (Å²) < 4.78 is 80.6. The second kappa shape index (κ2) is 10.4. The molecule has 1 fully saturated rings. The number of hydrogen-bond donors (Lipinski definition) is 1. The molecule has 3 aromatic rings. The Morgan fingerprint density at radius 2 is 1.72 bits per heavy atom. The standard InChI is InChI=1S/C23H25F6N7O2S/c1-21(2,3)18-32-11-35(34-18)9-15(38)36-5-4-12(6-14(36)10-37)17-16(33-20(39-17)23(27,28)29)13-7-30-19(31-8-13)22(24,25)26/h7-8,11-12,14,37H,4-6,9-10H2,1-3H3/t12?,14-/m0/s1. The molecular formula is C23H25F6N7O2S. The molecule has 1 unspecified atom stereocenters. The first-order valence-corrected chi connectivity index (χ1v) is 12.7. The predicted molar refractivity (Wildman–Crippen MR) is 126 cm³/mol. The smallest absolute Gasteiger partial charge is 0.394 e. The van der Waals surface area contributed by atoms with Crippen LogP contribution in [0.3, 0.4) is 0 Å². The van der Waals surface area contributed by atoms with Crippen LogP contribution in [0.5, 0.6) is 0 Å². The molecule has 0 radical (unpaired) electrons. The summed E-state index contributed by atoms with van der Waals surface area (Å²) >= 11 is 0.386. The van der Waals surface area contributed by atoms with E-state index < -0.39 is 41.8 Å². The summed E-state index contributed by atoms with van der Waals surface area (Å²) in [5.41, 5.74) is -0.579. The van der Waals surface area contributed by atoms with E-state index in [9.17, 15) is 36.2 Å². The second-order valence-corrected chi connectivity index (χ2v) is 11.2. The molecule has 1 aliphatic rings. The molecule has 2 atom stereocenters. The van der Waals surface area contributed by atoms with Crippen LogP contribution < -0.4 is 0 Å². The molecule has 1 saturated heterocycles. The topological polar surface area (TPSA) is 110 Å². The molecule has 0 aliphatic carbocycles. The summed E-state index contributed by atoms with van der Waals surface area (Å²) in [7, 11) is 0. The summed E-state index contributed by atoms with van der Waals surface area (Å²) in [5.74, 6) is -1.75. The Balaban J connectivity index is 1.57. The lowest BCUT2D eigenvalue weighted by Crippen LogP contribution is -2.48. The van der Waals surface area contributed by atoms with Crippen molar-refractivity contribution in [3.05, 3.63) is 40.3 Å². The molecule has 1 aliphatic heterocycles. The van der Waals surface area contributed by atoms with Crippen molar-refractivity contribution < 1.29 is 36.2 Å². The number of hydrogen-bond acceptors (Lipinski definition) is 8. The van der Waals surface area contributed by atoms with Crippen molar-refractivity contribution in [3.8, 4) is 11.3 Å². The summed E-state index contributed by atoms with van der Waals surface area (Å²) in [5, 5.41) is 13.2. The Bertz CT molecular complexity index is 1310. The van der Waals surface area contributed by atoms with Crippen molar-refractivity contribution >= 4 is 17.2 Å². The van der Waals surface area contributed by atoms with Gasteiger partial charge in [0.2, 0.25) is 11.7 Å². The van der Waals surface area contributed by atoms with Gasteiger partial charge in [-0.3, -0.25) is 4.79 Å². The van der Waals surface area contributed by atoms with E-state index in [1.54, 1.807) is 0 Å². The van der Waals surface area contributed by atoms with Crippen molar-refractivity contribution in [1.29, 1.82) is 0 Å². The van der Waals surface area contributed by atoms with Crippen LogP contribution >= 0.6 is 11.3 Å². The first-order chi connectivity index (χ1) is 18.1. The lowest BCUT2D eigenvalue weighted by atomic mass is 9.88. The molecule has 0 saturated carbocycles. The van der Waals surface area contributed by atoms with Gasteiger partial charge in [-0.2, -0.15) is 31.4 Å². The molecule has 4 rings (SSSR count). The molecular weight excluding hydrogens is 552 g/mol. The van der Waals surface area contributed by atoms with E-state index in [-0.39, 0.29) is 53.4 Å². The lowest BCUT2D eigenvalue weighted by Gasteiger charge is -2.38. The highest BCUT2D eigenvalue weighted by Crippen LogP contribution is 2.44. The average Bonchev–Trinajstić information content (AvgIpc) is 3.51. The van der Waals surface area contributed by atoms with Crippen LogP contribution in [-0.2, 0) is 29.1 Å². The lowest BCUT2D eigenvalue weighted by molar-refractivity contribution is -0.145. The van der Waals surface area contributed by atoms with E-state index in [0.717, 1.165) is 12.4 Å². The highest BCUT2D eigenvalue weighted by Gasteiger charge is 2.40. The van der Waals surface area contributed by atoms with Crippen LogP contribution in [0.4, 0.5) is 26.3 Å². The summed E-state index contributed by atoms with van der Waals surface area (Å²) in [6.45, 7) is 5.35. The highest BCUT2D eigenvalue weighted by molar-refractivity contribution is 7.12. The van der Waals surface area contributed by atoms with E-state index in [1.165, 1.54) is 15.9 Å². The van der Waals surface area contributed by atoms with Gasteiger partial charge in [0.1, 0.15) is 12.9 Å². The van der Waals surface area contributed by atoms with Crippen LogP contribution in [0.1, 0.15) is 61.1 Å². The Kier molecular flexibility index (Phi) is 7.73. The second-order valence-electron chi connectivity index (χ2n) is 10.2. The molecule has 9 nitrogen and oxygen atoms in total. The SMILES string of the molecule is CC(C)(C)c1ncn(CC(=O)N2CCC(c3sc(C(F)(F)F)nc3-c3cnc(C(F)(F)F)nc3)C[C@H]2CO)n1. The fraction of sp³-hybridized carbons (Fsp3) is 0.565. The number of aliphatic hydroxyl groups excluding tert-OH is 1. The van der Waals surface area contributed by atoms with E-state index in [0.29, 0.717) is 17.2 Å². The largest absolute Gasteiger partial charge is 0.451 e. The molecule has 0 aromatic carbocycles. The van der Waals surface area contributed by atoms with Crippen LogP contribution in [0, 0.1) is 0 Å². The maximum Gasteiger partial charge on any atom is 0.451 e. The van der Waals surface area contributed by atoms with Crippen molar-refractivity contribution in [2.75, 3.05) is 13.2 Å². The maximum atomic E-state index is 13.5. The van der Waals surface area contributed by atoms with Gasteiger partial charge < -0.3 is 10.0 Å². The number of amides is 1. The molecule has 0 spiro atoms. The maximum absolute atomic E-state index is 13.5. The van der Waals surface area contributed by atoms with E-state index in [2.05, 4.69) is 25.0 Å². The van der Waals surface area contributed by atoms with Crippen molar-refractivity contribution in [1.82, 2.24) is 34.6 Å². The van der Waals surface area contributed by atoms with Gasteiger partial charge >= 0.3 is 12.4 Å². The monoisotopic (exact) mass is 577 g/mol. The minimum absolute atomic E-state index is 0.0929. The van der Waals surface area contributed by atoms with Gasteiger partial charge in [-0.15, -0.1) is 11.3 Å². The number of aliphatic hydroxyl groups is 1. The Morgan fingerprint density at radius 3 is 2.26 bits per heavy atom. The Hall–Kier alpha value is -3.14. The van der Waals surface area contributed by atoms with Crippen LogP contribution in [0.15, 0.2) is 18.7 Å². The zero-order valence-electron chi connectivity index (χ0n) is 21.1. The molecule has 212 valence electrons. The van der Waals surface area contributed by atoms with Crippen LogP contribution in [-0.4, -0.2) is 64.8 Å². The van der Waals surface area contributed by atoms with Gasteiger partial charge in [0.05, 0.1) is 18.3 Å². The zero-order valence-corrected chi connectivity index (χ0v) is 21.9. The molecule has 16 heteroatoms. The average molecular weight is 578 g/mol. The summed E-state index contributed by atoms with van der Waals surface area (Å²) in [6, 6.07) is -0.699. The molecule has 1 amide bonds. The molecule has 3 aromatic heterocycles. The Morgan fingerprint density at radius 1 is 1.05 bits per heavy atom. The van der Waals surface area contributed by atoms with Gasteiger partial charge in [-0.25, -0.2) is 24.6 Å². The number of likely N-dealkylation sites (tertiary alicyclic amines) is 1. The Labute approximate surface area is 222 Å². The highest BCUT2D eigenvalue weighted by atomic mass is 32.1. The van der Waals surface area contributed by atoms with Gasteiger partial charge in [0, 0.05) is 34.8 Å². The zero-order chi connectivity index (χ0) is 28.8. The number of halogens is 6. The minimum Gasteiger partial charge on any atom is -0.394 e. The third kappa shape index (κ3) is 6.37. The first kappa shape index (κ1) is 28.9. The third-order valence-electron chi connectivity index (χ3n) is 6.20. The minimum atomic E-state index is -4.81. The van der Waals surface area contributed by atoms with E-state index in [1.807, 2.05) is 20.8 Å². The fourth-order valence-corrected chi connectivity index (χ4v) is 5.37. The molecule has 1 N–H and O–H groups in total. The van der Waals surface area contributed by atoms with E-state index in [4.69, 9.17) is 0 Å². The summed E-state index contributed by atoms with van der Waals surface area (Å²) in [6.07, 6.45) is -6.19. The number of aromatic nitrogens is 6. The number of rotatable bonds is 5. The molecule has 4 heterocycles. The van der Waals surface area contributed by atoms with Crippen molar-refractivity contribution in [3.63, 3.8) is 0 Å². The van der Waals surface area contributed by atoms with Gasteiger partial charge in [0.25, 0.3) is 0 Å². The predicted octanol–water partition coefficient (Wildman–Crippen LogP) is 4.29.